The highest BCUT2D eigenvalue weighted by Crippen LogP contribution is 2.19. The van der Waals surface area contributed by atoms with Crippen LogP contribution in [0.5, 0.6) is 11.8 Å². The Hall–Kier alpha value is -1.96. The van der Waals surface area contributed by atoms with E-state index < -0.39 is 18.5 Å². The van der Waals surface area contributed by atoms with Crippen LogP contribution in [0.25, 0.3) is 0 Å². The molecule has 0 aliphatic heterocycles. The van der Waals surface area contributed by atoms with E-state index >= 15 is 0 Å². The second-order valence-corrected chi connectivity index (χ2v) is 3.06. The minimum absolute atomic E-state index is 0.112. The van der Waals surface area contributed by atoms with Gasteiger partial charge in [0, 0.05) is 19.2 Å². The van der Waals surface area contributed by atoms with Gasteiger partial charge < -0.3 is 19.3 Å². The molecule has 0 saturated heterocycles. The van der Waals surface area contributed by atoms with Gasteiger partial charge in [-0.15, -0.1) is 0 Å². The van der Waals surface area contributed by atoms with Crippen LogP contribution < -0.4 is 9.47 Å². The van der Waals surface area contributed by atoms with Crippen LogP contribution in [0.4, 0.5) is 8.78 Å². The fourth-order valence-corrected chi connectivity index (χ4v) is 1.06. The zero-order chi connectivity index (χ0) is 13.5. The van der Waals surface area contributed by atoms with E-state index in [9.17, 15) is 13.6 Å². The van der Waals surface area contributed by atoms with Crippen LogP contribution in [0.3, 0.4) is 0 Å². The van der Waals surface area contributed by atoms with Crippen molar-refractivity contribution in [3.63, 3.8) is 0 Å². The fourth-order valence-electron chi connectivity index (χ4n) is 1.06. The molecule has 0 saturated carbocycles. The second-order valence-electron chi connectivity index (χ2n) is 3.06. The molecule has 0 aliphatic carbocycles. The fraction of sp³-hybridized carbons (Fsp3) is 0.400. The molecule has 0 bridgehead atoms. The smallest absolute Gasteiger partial charge is 0.388 e. The number of halogens is 2. The maximum Gasteiger partial charge on any atom is 0.388 e. The molecule has 8 heteroatoms. The molecular weight excluding hydrogens is 252 g/mol. The SMILES string of the molecule is COCCOc1cc(C(=O)O)cc(OC(F)F)n1. The predicted molar refractivity (Wildman–Crippen MR) is 55.2 cm³/mol. The highest BCUT2D eigenvalue weighted by molar-refractivity contribution is 5.88. The maximum absolute atomic E-state index is 12.0. The number of ether oxygens (including phenoxy) is 3. The second kappa shape index (κ2) is 6.70. The number of hydrogen-bond acceptors (Lipinski definition) is 5. The largest absolute Gasteiger partial charge is 0.478 e. The molecule has 0 unspecified atom stereocenters. The highest BCUT2D eigenvalue weighted by atomic mass is 19.3. The molecule has 100 valence electrons. The first-order valence-corrected chi connectivity index (χ1v) is 4.85. The Morgan fingerprint density at radius 2 is 2.06 bits per heavy atom. The van der Waals surface area contributed by atoms with Gasteiger partial charge in [0.25, 0.3) is 0 Å². The van der Waals surface area contributed by atoms with Crippen LogP contribution in [-0.2, 0) is 4.74 Å². The first-order chi connectivity index (χ1) is 8.52. The first-order valence-electron chi connectivity index (χ1n) is 4.85. The number of carboxylic acid groups (broad SMARTS) is 1. The zero-order valence-corrected chi connectivity index (χ0v) is 9.43. The van der Waals surface area contributed by atoms with E-state index in [2.05, 4.69) is 9.72 Å². The molecule has 0 aromatic carbocycles. The summed E-state index contributed by atoms with van der Waals surface area (Å²) in [6.45, 7) is -2.72. The Bertz CT molecular complexity index is 413. The summed E-state index contributed by atoms with van der Waals surface area (Å²) in [5, 5.41) is 8.79. The number of aromatic nitrogens is 1. The molecule has 0 atom stereocenters. The first kappa shape index (κ1) is 14.1. The maximum atomic E-state index is 12.0. The third-order valence-corrected chi connectivity index (χ3v) is 1.77. The van der Waals surface area contributed by atoms with Gasteiger partial charge in [-0.05, 0) is 0 Å². The van der Waals surface area contributed by atoms with Crippen LogP contribution in [-0.4, -0.2) is 43.0 Å². The molecule has 1 heterocycles. The molecular formula is C10H11F2NO5. The van der Waals surface area contributed by atoms with Gasteiger partial charge in [-0.2, -0.15) is 13.8 Å². The van der Waals surface area contributed by atoms with Crippen molar-refractivity contribution in [1.82, 2.24) is 4.98 Å². The van der Waals surface area contributed by atoms with Crippen molar-refractivity contribution in [1.29, 1.82) is 0 Å². The van der Waals surface area contributed by atoms with Crippen LogP contribution >= 0.6 is 0 Å². The van der Waals surface area contributed by atoms with E-state index in [1.54, 1.807) is 0 Å². The number of carboxylic acids is 1. The number of nitrogens with zero attached hydrogens (tertiary/aromatic N) is 1. The molecule has 1 aromatic rings. The van der Waals surface area contributed by atoms with Gasteiger partial charge in [0.2, 0.25) is 11.8 Å². The van der Waals surface area contributed by atoms with Crippen LogP contribution in [0.2, 0.25) is 0 Å². The third kappa shape index (κ3) is 4.50. The molecule has 0 spiro atoms. The minimum Gasteiger partial charge on any atom is -0.478 e. The van der Waals surface area contributed by atoms with Crippen molar-refractivity contribution in [2.75, 3.05) is 20.3 Å². The van der Waals surface area contributed by atoms with Gasteiger partial charge >= 0.3 is 12.6 Å². The molecule has 0 radical (unpaired) electrons. The van der Waals surface area contributed by atoms with Crippen molar-refractivity contribution in [2.24, 2.45) is 0 Å². The van der Waals surface area contributed by atoms with E-state index in [0.29, 0.717) is 0 Å². The Morgan fingerprint density at radius 1 is 1.39 bits per heavy atom. The monoisotopic (exact) mass is 263 g/mol. The lowest BCUT2D eigenvalue weighted by molar-refractivity contribution is -0.0532. The Balaban J connectivity index is 2.87. The van der Waals surface area contributed by atoms with E-state index in [1.807, 2.05) is 0 Å². The topological polar surface area (TPSA) is 77.9 Å². The van der Waals surface area contributed by atoms with Crippen molar-refractivity contribution in [3.05, 3.63) is 17.7 Å². The summed E-state index contributed by atoms with van der Waals surface area (Å²) >= 11 is 0. The van der Waals surface area contributed by atoms with Gasteiger partial charge in [0.15, 0.2) is 0 Å². The summed E-state index contributed by atoms with van der Waals surface area (Å²) in [5.41, 5.74) is -0.256. The van der Waals surface area contributed by atoms with Gasteiger partial charge in [-0.1, -0.05) is 0 Å². The number of carbonyl (C=O) groups is 1. The van der Waals surface area contributed by atoms with Crippen molar-refractivity contribution in [2.45, 2.75) is 6.61 Å². The molecule has 1 rings (SSSR count). The summed E-state index contributed by atoms with van der Waals surface area (Å²) in [7, 11) is 1.45. The number of alkyl halides is 2. The van der Waals surface area contributed by atoms with Crippen molar-refractivity contribution in [3.8, 4) is 11.8 Å². The lowest BCUT2D eigenvalue weighted by Crippen LogP contribution is -2.09. The zero-order valence-electron chi connectivity index (χ0n) is 9.43. The van der Waals surface area contributed by atoms with E-state index in [4.69, 9.17) is 14.6 Å². The molecule has 6 nitrogen and oxygen atoms in total. The molecule has 0 amide bonds. The molecule has 0 aliphatic rings. The van der Waals surface area contributed by atoms with Crippen LogP contribution in [0.15, 0.2) is 12.1 Å². The van der Waals surface area contributed by atoms with Crippen LogP contribution in [0, 0.1) is 0 Å². The van der Waals surface area contributed by atoms with Gasteiger partial charge in [-0.3, -0.25) is 0 Å². The average molecular weight is 263 g/mol. The summed E-state index contributed by atoms with van der Waals surface area (Å²) in [6.07, 6.45) is 0. The summed E-state index contributed by atoms with van der Waals surface area (Å²) in [6, 6.07) is 1.99. The summed E-state index contributed by atoms with van der Waals surface area (Å²) in [5.74, 6) is -1.94. The van der Waals surface area contributed by atoms with Gasteiger partial charge in [0.05, 0.1) is 12.2 Å². The summed E-state index contributed by atoms with van der Waals surface area (Å²) in [4.78, 5) is 14.4. The van der Waals surface area contributed by atoms with Gasteiger partial charge in [-0.25, -0.2) is 4.79 Å². The molecule has 1 aromatic heterocycles. The highest BCUT2D eigenvalue weighted by Gasteiger charge is 2.13. The van der Waals surface area contributed by atoms with E-state index in [1.165, 1.54) is 7.11 Å². The average Bonchev–Trinajstić information content (AvgIpc) is 2.28. The molecule has 1 N–H and O–H groups in total. The molecule has 18 heavy (non-hydrogen) atoms. The van der Waals surface area contributed by atoms with E-state index in [-0.39, 0.29) is 24.7 Å². The van der Waals surface area contributed by atoms with Gasteiger partial charge in [0.1, 0.15) is 6.61 Å². The number of rotatable bonds is 7. The quantitative estimate of drug-likeness (QED) is 0.749. The number of hydrogen-bond donors (Lipinski definition) is 1. The Morgan fingerprint density at radius 3 is 2.61 bits per heavy atom. The lowest BCUT2D eigenvalue weighted by atomic mass is 10.2. The predicted octanol–water partition coefficient (Wildman–Crippen LogP) is 1.41. The number of aromatic carboxylic acids is 1. The van der Waals surface area contributed by atoms with Crippen LogP contribution in [0.1, 0.15) is 10.4 Å². The standard InChI is InChI=1S/C10H11F2NO5/c1-16-2-3-17-7-4-6(9(14)15)5-8(13-7)18-10(11)12/h4-5,10H,2-3H2,1H3,(H,14,15). The summed E-state index contributed by atoms with van der Waals surface area (Å²) < 4.78 is 37.8. The Kier molecular flexibility index (Phi) is 5.25. The van der Waals surface area contributed by atoms with Crippen molar-refractivity contribution >= 4 is 5.97 Å². The normalized spacial score (nSPS) is 10.4. The third-order valence-electron chi connectivity index (χ3n) is 1.77. The number of methoxy groups -OCH3 is 1. The molecule has 0 fully saturated rings. The lowest BCUT2D eigenvalue weighted by Gasteiger charge is -2.08. The van der Waals surface area contributed by atoms with Crippen molar-refractivity contribution < 1.29 is 32.9 Å². The van der Waals surface area contributed by atoms with E-state index in [0.717, 1.165) is 12.1 Å². The Labute approximate surface area is 101 Å². The number of pyridine rings is 1. The minimum atomic E-state index is -3.09.